The van der Waals surface area contributed by atoms with Gasteiger partial charge in [-0.25, -0.2) is 14.6 Å². The quantitative estimate of drug-likeness (QED) is 0.719. The number of aromatic nitrogens is 1. The highest BCUT2D eigenvalue weighted by molar-refractivity contribution is 5.99. The van der Waals surface area contributed by atoms with Crippen LogP contribution in [0.2, 0.25) is 0 Å². The molecule has 0 saturated carbocycles. The van der Waals surface area contributed by atoms with E-state index in [2.05, 4.69) is 15.0 Å². The molecular weight excluding hydrogens is 389 g/mol. The summed E-state index contributed by atoms with van der Waals surface area (Å²) in [6.07, 6.45) is -4.90. The first-order valence-electron chi connectivity index (χ1n) is 8.62. The molecule has 1 N–H and O–H groups in total. The molecule has 0 fully saturated rings. The smallest absolute Gasteiger partial charge is 0.412 e. The largest absolute Gasteiger partial charge is 0.464 e. The molecule has 156 valence electrons. The maximum absolute atomic E-state index is 12.7. The molecule has 0 atom stereocenters. The van der Waals surface area contributed by atoms with Gasteiger partial charge in [-0.05, 0) is 38.0 Å². The molecule has 29 heavy (non-hydrogen) atoms. The maximum Gasteiger partial charge on any atom is 0.412 e. The lowest BCUT2D eigenvalue weighted by Crippen LogP contribution is -2.28. The number of anilines is 1. The molecule has 0 saturated heterocycles. The molecule has 0 aliphatic carbocycles. The first kappa shape index (κ1) is 22.2. The Morgan fingerprint density at radius 1 is 1.10 bits per heavy atom. The molecule has 1 aromatic carbocycles. The lowest BCUT2D eigenvalue weighted by atomic mass is 10.0. The van der Waals surface area contributed by atoms with Crippen LogP contribution in [0.5, 0.6) is 0 Å². The third kappa shape index (κ3) is 6.78. The average Bonchev–Trinajstić information content (AvgIpc) is 2.58. The zero-order valence-electron chi connectivity index (χ0n) is 16.4. The third-order valence-electron chi connectivity index (χ3n) is 3.57. The second kappa shape index (κ2) is 8.50. The van der Waals surface area contributed by atoms with E-state index in [1.54, 1.807) is 26.8 Å². The number of amides is 1. The van der Waals surface area contributed by atoms with Gasteiger partial charge in [0, 0.05) is 11.8 Å². The van der Waals surface area contributed by atoms with Crippen molar-refractivity contribution in [2.45, 2.75) is 39.0 Å². The third-order valence-corrected chi connectivity index (χ3v) is 3.57. The monoisotopic (exact) mass is 410 g/mol. The minimum atomic E-state index is -4.34. The molecule has 0 aliphatic rings. The SMILES string of the molecule is COC(=O)c1ncc(-c2cccc(CC(F)(F)F)c2)cc1NC(=O)OC(C)(C)C. The number of esters is 1. The van der Waals surface area contributed by atoms with E-state index in [4.69, 9.17) is 4.74 Å². The molecule has 2 aromatic rings. The van der Waals surface area contributed by atoms with Gasteiger partial charge in [-0.1, -0.05) is 24.3 Å². The van der Waals surface area contributed by atoms with Crippen molar-refractivity contribution >= 4 is 17.7 Å². The van der Waals surface area contributed by atoms with Crippen LogP contribution >= 0.6 is 0 Å². The number of benzene rings is 1. The first-order valence-corrected chi connectivity index (χ1v) is 8.62. The van der Waals surface area contributed by atoms with Crippen molar-refractivity contribution in [1.29, 1.82) is 0 Å². The number of methoxy groups -OCH3 is 1. The molecule has 9 heteroatoms. The predicted octanol–water partition coefficient (Wildman–Crippen LogP) is 4.99. The zero-order chi connectivity index (χ0) is 21.8. The van der Waals surface area contributed by atoms with Gasteiger partial charge in [-0.2, -0.15) is 13.2 Å². The minimum Gasteiger partial charge on any atom is -0.464 e. The number of rotatable bonds is 4. The first-order chi connectivity index (χ1) is 13.4. The Bertz CT molecular complexity index is 905. The molecule has 2 rings (SSSR count). The minimum absolute atomic E-state index is 0.0184. The van der Waals surface area contributed by atoms with Gasteiger partial charge in [0.05, 0.1) is 19.2 Å². The lowest BCUT2D eigenvalue weighted by molar-refractivity contribution is -0.127. The number of nitrogens with one attached hydrogen (secondary N) is 1. The Labute approximate surface area is 166 Å². The van der Waals surface area contributed by atoms with Crippen molar-refractivity contribution in [3.8, 4) is 11.1 Å². The number of hydrogen-bond donors (Lipinski definition) is 1. The molecule has 1 amide bonds. The molecule has 0 bridgehead atoms. The van der Waals surface area contributed by atoms with Crippen molar-refractivity contribution in [2.24, 2.45) is 0 Å². The fraction of sp³-hybridized carbons (Fsp3) is 0.350. The Balaban J connectivity index is 2.41. The van der Waals surface area contributed by atoms with Gasteiger partial charge < -0.3 is 9.47 Å². The Morgan fingerprint density at radius 3 is 2.38 bits per heavy atom. The van der Waals surface area contributed by atoms with Crippen LogP contribution in [-0.4, -0.2) is 35.9 Å². The Morgan fingerprint density at radius 2 is 1.79 bits per heavy atom. The van der Waals surface area contributed by atoms with Crippen molar-refractivity contribution < 1.29 is 32.2 Å². The van der Waals surface area contributed by atoms with Crippen molar-refractivity contribution in [2.75, 3.05) is 12.4 Å². The highest BCUT2D eigenvalue weighted by Crippen LogP contribution is 2.28. The van der Waals surface area contributed by atoms with E-state index in [0.29, 0.717) is 11.1 Å². The predicted molar refractivity (Wildman–Crippen MR) is 101 cm³/mol. The highest BCUT2D eigenvalue weighted by atomic mass is 19.4. The summed E-state index contributed by atoms with van der Waals surface area (Å²) in [6, 6.07) is 7.26. The molecule has 0 unspecified atom stereocenters. The van der Waals surface area contributed by atoms with Gasteiger partial charge in [0.15, 0.2) is 5.69 Å². The number of nitrogens with zero attached hydrogens (tertiary/aromatic N) is 1. The van der Waals surface area contributed by atoms with E-state index in [0.717, 1.165) is 7.11 Å². The van der Waals surface area contributed by atoms with E-state index in [9.17, 15) is 22.8 Å². The molecule has 0 aliphatic heterocycles. The Hall–Kier alpha value is -3.10. The lowest BCUT2D eigenvalue weighted by Gasteiger charge is -2.20. The number of carbonyl (C=O) groups is 2. The van der Waals surface area contributed by atoms with Crippen LogP contribution in [0.25, 0.3) is 11.1 Å². The molecule has 1 aromatic heterocycles. The van der Waals surface area contributed by atoms with E-state index in [-0.39, 0.29) is 16.9 Å². The van der Waals surface area contributed by atoms with Crippen molar-refractivity contribution in [1.82, 2.24) is 4.98 Å². The second-order valence-electron chi connectivity index (χ2n) is 7.23. The standard InChI is InChI=1S/C20H21F3N2O4/c1-19(2,3)29-18(27)25-15-9-14(11-24-16(15)17(26)28-4)13-7-5-6-12(8-13)10-20(21,22)23/h5-9,11H,10H2,1-4H3,(H,25,27). The van der Waals surface area contributed by atoms with Crippen LogP contribution in [0.3, 0.4) is 0 Å². The van der Waals surface area contributed by atoms with Crippen molar-refractivity contribution in [3.05, 3.63) is 47.8 Å². The van der Waals surface area contributed by atoms with E-state index in [1.165, 1.54) is 30.5 Å². The maximum atomic E-state index is 12.7. The normalized spacial score (nSPS) is 11.7. The van der Waals surface area contributed by atoms with Gasteiger partial charge in [-0.15, -0.1) is 0 Å². The number of pyridine rings is 1. The summed E-state index contributed by atoms with van der Waals surface area (Å²) in [7, 11) is 1.16. The van der Waals surface area contributed by atoms with E-state index in [1.807, 2.05) is 0 Å². The molecule has 1 heterocycles. The van der Waals surface area contributed by atoms with E-state index < -0.39 is 30.3 Å². The number of hydrogen-bond acceptors (Lipinski definition) is 5. The molecule has 0 radical (unpaired) electrons. The summed E-state index contributed by atoms with van der Waals surface area (Å²) < 4.78 is 47.9. The van der Waals surface area contributed by atoms with Gasteiger partial charge in [0.25, 0.3) is 0 Å². The Kier molecular flexibility index (Phi) is 6.51. The second-order valence-corrected chi connectivity index (χ2v) is 7.23. The number of halogens is 3. The highest BCUT2D eigenvalue weighted by Gasteiger charge is 2.27. The van der Waals surface area contributed by atoms with Crippen LogP contribution in [0.4, 0.5) is 23.7 Å². The van der Waals surface area contributed by atoms with Crippen LogP contribution in [0.15, 0.2) is 36.5 Å². The fourth-order valence-corrected chi connectivity index (χ4v) is 2.48. The average molecular weight is 410 g/mol. The number of carbonyl (C=O) groups excluding carboxylic acids is 2. The zero-order valence-corrected chi connectivity index (χ0v) is 16.4. The summed E-state index contributed by atoms with van der Waals surface area (Å²) in [6.45, 7) is 5.03. The summed E-state index contributed by atoms with van der Waals surface area (Å²) in [5.41, 5.74) is 0.0228. The topological polar surface area (TPSA) is 77.5 Å². The summed E-state index contributed by atoms with van der Waals surface area (Å²) in [4.78, 5) is 28.1. The van der Waals surface area contributed by atoms with Crippen LogP contribution in [0, 0.1) is 0 Å². The van der Waals surface area contributed by atoms with Gasteiger partial charge >= 0.3 is 18.2 Å². The fourth-order valence-electron chi connectivity index (χ4n) is 2.48. The number of alkyl halides is 3. The summed E-state index contributed by atoms with van der Waals surface area (Å²) in [5.74, 6) is -0.784. The molecular formula is C20H21F3N2O4. The summed E-state index contributed by atoms with van der Waals surface area (Å²) >= 11 is 0. The van der Waals surface area contributed by atoms with Crippen LogP contribution in [0.1, 0.15) is 36.8 Å². The van der Waals surface area contributed by atoms with Gasteiger partial charge in [-0.3, -0.25) is 5.32 Å². The summed E-state index contributed by atoms with van der Waals surface area (Å²) in [5, 5.41) is 2.44. The number of ether oxygens (including phenoxy) is 2. The van der Waals surface area contributed by atoms with Crippen molar-refractivity contribution in [3.63, 3.8) is 0 Å². The van der Waals surface area contributed by atoms with E-state index >= 15 is 0 Å². The molecule has 6 nitrogen and oxygen atoms in total. The van der Waals surface area contributed by atoms with Crippen LogP contribution in [-0.2, 0) is 15.9 Å². The van der Waals surface area contributed by atoms with Gasteiger partial charge in [0.2, 0.25) is 0 Å². The molecule has 0 spiro atoms. The van der Waals surface area contributed by atoms with Gasteiger partial charge in [0.1, 0.15) is 5.60 Å². The van der Waals surface area contributed by atoms with Crippen LogP contribution < -0.4 is 5.32 Å².